The topological polar surface area (TPSA) is 84.9 Å². The molecule has 1 aromatic rings. The minimum absolute atomic E-state index is 0.00842. The van der Waals surface area contributed by atoms with E-state index in [-0.39, 0.29) is 35.7 Å². The van der Waals surface area contributed by atoms with Crippen LogP contribution in [0.1, 0.15) is 37.0 Å². The summed E-state index contributed by atoms with van der Waals surface area (Å²) in [5.74, 6) is -0.0552. The highest BCUT2D eigenvalue weighted by Gasteiger charge is 2.30. The van der Waals surface area contributed by atoms with Crippen LogP contribution in [0.4, 0.5) is 0 Å². The van der Waals surface area contributed by atoms with Crippen LogP contribution in [0, 0.1) is 0 Å². The number of benzene rings is 1. The van der Waals surface area contributed by atoms with Crippen LogP contribution in [-0.2, 0) is 14.8 Å². The predicted octanol–water partition coefficient (Wildman–Crippen LogP) is 1.63. The third-order valence-electron chi connectivity index (χ3n) is 4.33. The summed E-state index contributed by atoms with van der Waals surface area (Å²) >= 11 is 0. The average Bonchev–Trinajstić information content (AvgIpc) is 2.66. The van der Waals surface area contributed by atoms with Crippen LogP contribution in [0.5, 0.6) is 5.75 Å². The second-order valence-corrected chi connectivity index (χ2v) is 7.78. The van der Waals surface area contributed by atoms with Crippen molar-refractivity contribution in [3.8, 4) is 5.75 Å². The summed E-state index contributed by atoms with van der Waals surface area (Å²) in [5.41, 5.74) is 0.305. The molecule has 0 radical (unpaired) electrons. The largest absolute Gasteiger partial charge is 0.495 e. The molecule has 2 rings (SSSR count). The van der Waals surface area contributed by atoms with Crippen molar-refractivity contribution in [2.45, 2.75) is 37.6 Å². The standard InChI is InChI=1S/C17H26N2O5S/c1-4-14(5-2)18-17(20)13-6-7-15(23-3)16(12-13)25(21,22)19-8-10-24-11-9-19/h6-7,12,14H,4-5,8-11H2,1-3H3,(H,18,20). The minimum atomic E-state index is -3.75. The Hall–Kier alpha value is -1.64. The molecule has 0 aliphatic carbocycles. The maximum Gasteiger partial charge on any atom is 0.251 e. The van der Waals surface area contributed by atoms with Crippen molar-refractivity contribution < 1.29 is 22.7 Å². The van der Waals surface area contributed by atoms with Crippen LogP contribution in [-0.4, -0.2) is 58.1 Å². The van der Waals surface area contributed by atoms with Crippen molar-refractivity contribution in [1.29, 1.82) is 0 Å². The van der Waals surface area contributed by atoms with E-state index < -0.39 is 10.0 Å². The summed E-state index contributed by atoms with van der Waals surface area (Å²) in [6.07, 6.45) is 1.63. The number of ether oxygens (including phenoxy) is 2. The number of methoxy groups -OCH3 is 1. The van der Waals surface area contributed by atoms with Crippen LogP contribution < -0.4 is 10.1 Å². The molecule has 7 nitrogen and oxygen atoms in total. The predicted molar refractivity (Wildman–Crippen MR) is 94.4 cm³/mol. The van der Waals surface area contributed by atoms with E-state index in [0.29, 0.717) is 18.8 Å². The van der Waals surface area contributed by atoms with Crippen LogP contribution in [0.3, 0.4) is 0 Å². The molecule has 1 N–H and O–H groups in total. The molecule has 1 aliphatic heterocycles. The molecule has 1 saturated heterocycles. The fraction of sp³-hybridized carbons (Fsp3) is 0.588. The third-order valence-corrected chi connectivity index (χ3v) is 6.25. The van der Waals surface area contributed by atoms with Crippen LogP contribution in [0.15, 0.2) is 23.1 Å². The zero-order chi connectivity index (χ0) is 18.4. The average molecular weight is 370 g/mol. The summed E-state index contributed by atoms with van der Waals surface area (Å²) in [7, 11) is -2.34. The number of hydrogen-bond donors (Lipinski definition) is 1. The number of nitrogens with one attached hydrogen (secondary N) is 1. The maximum atomic E-state index is 12.9. The summed E-state index contributed by atoms with van der Waals surface area (Å²) in [4.78, 5) is 12.5. The number of morpholine rings is 1. The van der Waals surface area contributed by atoms with Gasteiger partial charge in [0, 0.05) is 24.7 Å². The molecule has 0 aromatic heterocycles. The van der Waals surface area contributed by atoms with Gasteiger partial charge in [-0.15, -0.1) is 0 Å². The zero-order valence-corrected chi connectivity index (χ0v) is 15.8. The van der Waals surface area contributed by atoms with E-state index in [1.165, 1.54) is 23.5 Å². The van der Waals surface area contributed by atoms with Crippen LogP contribution in [0.25, 0.3) is 0 Å². The number of sulfonamides is 1. The van der Waals surface area contributed by atoms with Gasteiger partial charge in [-0.1, -0.05) is 13.8 Å². The number of rotatable bonds is 7. The van der Waals surface area contributed by atoms with Crippen molar-refractivity contribution in [3.63, 3.8) is 0 Å². The highest BCUT2D eigenvalue weighted by atomic mass is 32.2. The lowest BCUT2D eigenvalue weighted by Crippen LogP contribution is -2.40. The number of nitrogens with zero attached hydrogens (tertiary/aromatic N) is 1. The number of hydrogen-bond acceptors (Lipinski definition) is 5. The first-order valence-corrected chi connectivity index (χ1v) is 9.94. The molecule has 140 valence electrons. The van der Waals surface area contributed by atoms with E-state index >= 15 is 0 Å². The Morgan fingerprint density at radius 3 is 2.48 bits per heavy atom. The van der Waals surface area contributed by atoms with Gasteiger partial charge >= 0.3 is 0 Å². The molecule has 1 heterocycles. The summed E-state index contributed by atoms with van der Waals surface area (Å²) < 4.78 is 37.7. The molecule has 0 bridgehead atoms. The Balaban J connectivity index is 2.35. The number of carbonyl (C=O) groups is 1. The van der Waals surface area contributed by atoms with E-state index in [9.17, 15) is 13.2 Å². The Labute approximate surface area is 149 Å². The van der Waals surface area contributed by atoms with Crippen molar-refractivity contribution in [2.24, 2.45) is 0 Å². The van der Waals surface area contributed by atoms with Gasteiger partial charge in [-0.25, -0.2) is 8.42 Å². The molecule has 8 heteroatoms. The minimum Gasteiger partial charge on any atom is -0.495 e. The van der Waals surface area contributed by atoms with Gasteiger partial charge in [-0.05, 0) is 31.0 Å². The molecule has 0 spiro atoms. The van der Waals surface area contributed by atoms with E-state index in [0.717, 1.165) is 12.8 Å². The second kappa shape index (κ2) is 8.64. The molecular formula is C17H26N2O5S. The van der Waals surface area contributed by atoms with Gasteiger partial charge < -0.3 is 14.8 Å². The monoisotopic (exact) mass is 370 g/mol. The lowest BCUT2D eigenvalue weighted by atomic mass is 10.1. The molecule has 25 heavy (non-hydrogen) atoms. The smallest absolute Gasteiger partial charge is 0.251 e. The first-order valence-electron chi connectivity index (χ1n) is 8.50. The fourth-order valence-electron chi connectivity index (χ4n) is 2.71. The maximum absolute atomic E-state index is 12.9. The summed E-state index contributed by atoms with van der Waals surface area (Å²) in [6.45, 7) is 5.28. The van der Waals surface area contributed by atoms with Gasteiger partial charge in [0.2, 0.25) is 10.0 Å². The Morgan fingerprint density at radius 1 is 1.28 bits per heavy atom. The van der Waals surface area contributed by atoms with Gasteiger partial charge in [0.05, 0.1) is 20.3 Å². The fourth-order valence-corrected chi connectivity index (χ4v) is 4.30. The van der Waals surface area contributed by atoms with Gasteiger partial charge in [0.1, 0.15) is 10.6 Å². The first kappa shape index (κ1) is 19.7. The lowest BCUT2D eigenvalue weighted by molar-refractivity contribution is 0.0729. The normalized spacial score (nSPS) is 16.0. The van der Waals surface area contributed by atoms with Crippen molar-refractivity contribution in [3.05, 3.63) is 23.8 Å². The van der Waals surface area contributed by atoms with Crippen molar-refractivity contribution in [2.75, 3.05) is 33.4 Å². The molecule has 1 amide bonds. The van der Waals surface area contributed by atoms with Gasteiger partial charge in [-0.3, -0.25) is 4.79 Å². The molecular weight excluding hydrogens is 344 g/mol. The Bertz CT molecular complexity index is 695. The molecule has 0 unspecified atom stereocenters. The highest BCUT2D eigenvalue weighted by Crippen LogP contribution is 2.28. The van der Waals surface area contributed by atoms with E-state index in [1.54, 1.807) is 6.07 Å². The highest BCUT2D eigenvalue weighted by molar-refractivity contribution is 7.89. The molecule has 1 aliphatic rings. The molecule has 1 aromatic carbocycles. The quantitative estimate of drug-likeness (QED) is 0.789. The van der Waals surface area contributed by atoms with Gasteiger partial charge in [-0.2, -0.15) is 4.31 Å². The SMILES string of the molecule is CCC(CC)NC(=O)c1ccc(OC)c(S(=O)(=O)N2CCOCC2)c1. The lowest BCUT2D eigenvalue weighted by Gasteiger charge is -2.26. The van der Waals surface area contributed by atoms with Crippen molar-refractivity contribution >= 4 is 15.9 Å². The number of carbonyl (C=O) groups excluding carboxylic acids is 1. The third kappa shape index (κ3) is 4.50. The first-order chi connectivity index (χ1) is 11.9. The van der Waals surface area contributed by atoms with Gasteiger partial charge in [0.15, 0.2) is 0 Å². The molecule has 0 atom stereocenters. The molecule has 1 fully saturated rings. The summed E-state index contributed by atoms with van der Waals surface area (Å²) in [6, 6.07) is 4.56. The molecule has 0 saturated carbocycles. The Morgan fingerprint density at radius 2 is 1.92 bits per heavy atom. The van der Waals surface area contributed by atoms with E-state index in [1.807, 2.05) is 13.8 Å². The van der Waals surface area contributed by atoms with E-state index in [4.69, 9.17) is 9.47 Å². The Kier molecular flexibility index (Phi) is 6.80. The van der Waals surface area contributed by atoms with E-state index in [2.05, 4.69) is 5.32 Å². The van der Waals surface area contributed by atoms with Crippen molar-refractivity contribution in [1.82, 2.24) is 9.62 Å². The van der Waals surface area contributed by atoms with Crippen LogP contribution >= 0.6 is 0 Å². The van der Waals surface area contributed by atoms with Gasteiger partial charge in [0.25, 0.3) is 5.91 Å². The summed E-state index contributed by atoms with van der Waals surface area (Å²) in [5, 5.41) is 2.92. The zero-order valence-electron chi connectivity index (χ0n) is 14.9. The second-order valence-electron chi connectivity index (χ2n) is 5.87. The van der Waals surface area contributed by atoms with Crippen LogP contribution in [0.2, 0.25) is 0 Å². The number of amides is 1.